The molecular formula is C23H23N3O2. The van der Waals surface area contributed by atoms with Gasteiger partial charge in [-0.2, -0.15) is 0 Å². The van der Waals surface area contributed by atoms with Crippen LogP contribution in [-0.2, 0) is 6.42 Å². The topological polar surface area (TPSA) is 71.1 Å². The predicted molar refractivity (Wildman–Crippen MR) is 112 cm³/mol. The van der Waals surface area contributed by atoms with Crippen LogP contribution in [0.15, 0.2) is 60.8 Å². The van der Waals surface area contributed by atoms with Crippen LogP contribution < -0.4 is 10.6 Å². The summed E-state index contributed by atoms with van der Waals surface area (Å²) in [7, 11) is 0. The van der Waals surface area contributed by atoms with E-state index in [1.54, 1.807) is 6.07 Å². The van der Waals surface area contributed by atoms with Gasteiger partial charge >= 0.3 is 0 Å². The molecule has 3 rings (SSSR count). The average molecular weight is 373 g/mol. The SMILES string of the molecule is CCc1ccccc1NC(=O)c1cc(C(=O)Nc2c(C)cccc2C)ccn1. The van der Waals surface area contributed by atoms with E-state index in [1.807, 2.05) is 63.2 Å². The second kappa shape index (κ2) is 8.48. The first kappa shape index (κ1) is 19.3. The molecule has 1 aromatic heterocycles. The Kier molecular flexibility index (Phi) is 5.84. The number of carbonyl (C=O) groups is 2. The minimum absolute atomic E-state index is 0.195. The zero-order valence-electron chi connectivity index (χ0n) is 16.2. The Morgan fingerprint density at radius 1 is 0.893 bits per heavy atom. The van der Waals surface area contributed by atoms with Crippen LogP contribution in [0.1, 0.15) is 44.5 Å². The Bertz CT molecular complexity index is 1010. The van der Waals surface area contributed by atoms with E-state index in [2.05, 4.69) is 15.6 Å². The van der Waals surface area contributed by atoms with Crippen molar-refractivity contribution in [2.24, 2.45) is 0 Å². The van der Waals surface area contributed by atoms with Gasteiger partial charge in [-0.25, -0.2) is 0 Å². The summed E-state index contributed by atoms with van der Waals surface area (Å²) in [5.74, 6) is -0.620. The fourth-order valence-electron chi connectivity index (χ4n) is 3.03. The highest BCUT2D eigenvalue weighted by atomic mass is 16.2. The third-order valence-corrected chi connectivity index (χ3v) is 4.62. The Balaban J connectivity index is 1.80. The summed E-state index contributed by atoms with van der Waals surface area (Å²) in [4.78, 5) is 29.4. The molecule has 142 valence electrons. The third kappa shape index (κ3) is 4.26. The average Bonchev–Trinajstić information content (AvgIpc) is 2.71. The molecule has 0 bridgehead atoms. The van der Waals surface area contributed by atoms with Gasteiger partial charge in [0.1, 0.15) is 5.69 Å². The van der Waals surface area contributed by atoms with Crippen LogP contribution in [0, 0.1) is 13.8 Å². The number of pyridine rings is 1. The van der Waals surface area contributed by atoms with E-state index in [1.165, 1.54) is 12.3 Å². The van der Waals surface area contributed by atoms with Crippen LogP contribution in [0.5, 0.6) is 0 Å². The first-order valence-corrected chi connectivity index (χ1v) is 9.22. The van der Waals surface area contributed by atoms with Crippen LogP contribution in [0.3, 0.4) is 0 Å². The van der Waals surface area contributed by atoms with Crippen LogP contribution in [0.2, 0.25) is 0 Å². The molecule has 0 aliphatic rings. The molecule has 0 fully saturated rings. The van der Waals surface area contributed by atoms with Crippen LogP contribution in [0.4, 0.5) is 11.4 Å². The molecular weight excluding hydrogens is 350 g/mol. The Morgan fingerprint density at radius 3 is 2.32 bits per heavy atom. The van der Waals surface area contributed by atoms with Gasteiger partial charge in [-0.1, -0.05) is 43.3 Å². The molecule has 0 aliphatic carbocycles. The molecule has 5 heteroatoms. The second-order valence-corrected chi connectivity index (χ2v) is 6.62. The minimum Gasteiger partial charge on any atom is -0.322 e. The summed E-state index contributed by atoms with van der Waals surface area (Å²) < 4.78 is 0. The van der Waals surface area contributed by atoms with E-state index in [0.717, 1.165) is 34.5 Å². The van der Waals surface area contributed by atoms with Crippen LogP contribution in [0.25, 0.3) is 0 Å². The van der Waals surface area contributed by atoms with Gasteiger partial charge < -0.3 is 10.6 Å². The lowest BCUT2D eigenvalue weighted by atomic mass is 10.1. The van der Waals surface area contributed by atoms with Crippen molar-refractivity contribution >= 4 is 23.2 Å². The van der Waals surface area contributed by atoms with Gasteiger partial charge in [-0.15, -0.1) is 0 Å². The Labute approximate surface area is 164 Å². The summed E-state index contributed by atoms with van der Waals surface area (Å²) in [6.07, 6.45) is 2.28. The number of nitrogens with zero attached hydrogens (tertiary/aromatic N) is 1. The number of aryl methyl sites for hydroxylation is 3. The van der Waals surface area contributed by atoms with E-state index in [-0.39, 0.29) is 17.5 Å². The number of para-hydroxylation sites is 2. The number of hydrogen-bond acceptors (Lipinski definition) is 3. The predicted octanol–water partition coefficient (Wildman–Crippen LogP) is 4.77. The molecule has 0 aliphatic heterocycles. The van der Waals surface area contributed by atoms with Gasteiger partial charge in [-0.05, 0) is 55.2 Å². The van der Waals surface area contributed by atoms with Crippen molar-refractivity contribution in [3.8, 4) is 0 Å². The highest BCUT2D eigenvalue weighted by molar-refractivity contribution is 6.08. The number of aromatic nitrogens is 1. The van der Waals surface area contributed by atoms with Crippen molar-refractivity contribution in [3.63, 3.8) is 0 Å². The summed E-state index contributed by atoms with van der Waals surface area (Å²) in [5.41, 5.74) is 5.12. The first-order valence-electron chi connectivity index (χ1n) is 9.22. The van der Waals surface area contributed by atoms with Crippen molar-refractivity contribution in [2.45, 2.75) is 27.2 Å². The van der Waals surface area contributed by atoms with Crippen molar-refractivity contribution in [1.29, 1.82) is 0 Å². The molecule has 28 heavy (non-hydrogen) atoms. The molecule has 3 aromatic rings. The van der Waals surface area contributed by atoms with E-state index < -0.39 is 0 Å². The van der Waals surface area contributed by atoms with Gasteiger partial charge in [0, 0.05) is 23.1 Å². The van der Waals surface area contributed by atoms with E-state index >= 15 is 0 Å². The van der Waals surface area contributed by atoms with E-state index in [4.69, 9.17) is 0 Å². The zero-order valence-corrected chi connectivity index (χ0v) is 16.2. The standard InChI is InChI=1S/C23H23N3O2/c1-4-17-10-5-6-11-19(17)25-23(28)20-14-18(12-13-24-20)22(27)26-21-15(2)8-7-9-16(21)3/h5-14H,4H2,1-3H3,(H,25,28)(H,26,27). The highest BCUT2D eigenvalue weighted by Gasteiger charge is 2.14. The lowest BCUT2D eigenvalue weighted by molar-refractivity contribution is 0.102. The van der Waals surface area contributed by atoms with Gasteiger partial charge in [-0.3, -0.25) is 14.6 Å². The summed E-state index contributed by atoms with van der Waals surface area (Å²) in [6, 6.07) is 16.6. The molecule has 5 nitrogen and oxygen atoms in total. The molecule has 2 N–H and O–H groups in total. The fraction of sp³-hybridized carbons (Fsp3) is 0.174. The van der Waals surface area contributed by atoms with Gasteiger partial charge in [0.15, 0.2) is 0 Å². The largest absolute Gasteiger partial charge is 0.322 e. The third-order valence-electron chi connectivity index (χ3n) is 4.62. The number of amides is 2. The van der Waals surface area contributed by atoms with Gasteiger partial charge in [0.25, 0.3) is 11.8 Å². The molecule has 0 unspecified atom stereocenters. The number of benzene rings is 2. The molecule has 0 saturated heterocycles. The summed E-state index contributed by atoms with van der Waals surface area (Å²) in [5, 5.41) is 5.81. The van der Waals surface area contributed by atoms with Crippen molar-refractivity contribution < 1.29 is 9.59 Å². The van der Waals surface area contributed by atoms with Crippen molar-refractivity contribution in [2.75, 3.05) is 10.6 Å². The maximum absolute atomic E-state index is 12.7. The second-order valence-electron chi connectivity index (χ2n) is 6.62. The normalized spacial score (nSPS) is 10.4. The lowest BCUT2D eigenvalue weighted by Gasteiger charge is -2.12. The highest BCUT2D eigenvalue weighted by Crippen LogP contribution is 2.21. The molecule has 0 atom stereocenters. The van der Waals surface area contributed by atoms with Crippen molar-refractivity contribution in [1.82, 2.24) is 4.98 Å². The molecule has 0 saturated carbocycles. The quantitative estimate of drug-likeness (QED) is 0.677. The molecule has 0 radical (unpaired) electrons. The molecule has 1 heterocycles. The monoisotopic (exact) mass is 373 g/mol. The van der Waals surface area contributed by atoms with Crippen molar-refractivity contribution in [3.05, 3.63) is 88.7 Å². The smallest absolute Gasteiger partial charge is 0.274 e. The zero-order chi connectivity index (χ0) is 20.1. The van der Waals surface area contributed by atoms with Gasteiger partial charge in [0.2, 0.25) is 0 Å². The van der Waals surface area contributed by atoms with E-state index in [9.17, 15) is 9.59 Å². The molecule has 2 amide bonds. The number of rotatable bonds is 5. The number of nitrogens with one attached hydrogen (secondary N) is 2. The lowest BCUT2D eigenvalue weighted by Crippen LogP contribution is -2.18. The number of carbonyl (C=O) groups excluding carboxylic acids is 2. The van der Waals surface area contributed by atoms with Crippen LogP contribution in [-0.4, -0.2) is 16.8 Å². The fourth-order valence-corrected chi connectivity index (χ4v) is 3.03. The maximum atomic E-state index is 12.7. The number of hydrogen-bond donors (Lipinski definition) is 2. The van der Waals surface area contributed by atoms with Gasteiger partial charge in [0.05, 0.1) is 0 Å². The molecule has 2 aromatic carbocycles. The Morgan fingerprint density at radius 2 is 1.61 bits per heavy atom. The summed E-state index contributed by atoms with van der Waals surface area (Å²) >= 11 is 0. The summed E-state index contributed by atoms with van der Waals surface area (Å²) in [6.45, 7) is 5.92. The van der Waals surface area contributed by atoms with Crippen LogP contribution >= 0.6 is 0 Å². The Hall–Kier alpha value is -3.47. The van der Waals surface area contributed by atoms with E-state index in [0.29, 0.717) is 5.56 Å². The maximum Gasteiger partial charge on any atom is 0.274 e. The first-order chi connectivity index (χ1) is 13.5. The number of anilines is 2. The molecule has 0 spiro atoms. The minimum atomic E-state index is -0.345.